The molecule has 3 nitrogen and oxygen atoms in total. The Bertz CT molecular complexity index is 887. The van der Waals surface area contributed by atoms with Crippen LogP contribution >= 0.6 is 27.3 Å². The van der Waals surface area contributed by atoms with Gasteiger partial charge in [-0.25, -0.2) is 9.37 Å². The average Bonchev–Trinajstić information content (AvgIpc) is 2.93. The smallest absolute Gasteiger partial charge is 0.307 e. The van der Waals surface area contributed by atoms with Gasteiger partial charge in [0.05, 0.1) is 16.6 Å². The highest BCUT2D eigenvalue weighted by atomic mass is 79.9. The highest BCUT2D eigenvalue weighted by Crippen LogP contribution is 2.31. The van der Waals surface area contributed by atoms with E-state index in [2.05, 4.69) is 20.9 Å². The lowest BCUT2D eigenvalue weighted by Gasteiger charge is -2.03. The summed E-state index contributed by atoms with van der Waals surface area (Å²) in [7, 11) is 0. The van der Waals surface area contributed by atoms with Crippen molar-refractivity contribution in [1.29, 1.82) is 0 Å². The minimum absolute atomic E-state index is 0.216. The maximum Gasteiger partial charge on any atom is 0.307 e. The molecule has 0 radical (unpaired) electrons. The number of halogens is 2. The molecule has 1 N–H and O–H groups in total. The molecule has 3 aromatic rings. The topological polar surface area (TPSA) is 50.2 Å². The number of carbonyl (C=O) groups is 1. The van der Waals surface area contributed by atoms with Gasteiger partial charge in [0, 0.05) is 10.0 Å². The summed E-state index contributed by atoms with van der Waals surface area (Å²) in [5.41, 5.74) is 1.61. The maximum absolute atomic E-state index is 14.0. The van der Waals surface area contributed by atoms with E-state index >= 15 is 0 Å². The average molecular weight is 392 g/mol. The summed E-state index contributed by atoms with van der Waals surface area (Å²) < 4.78 is 15.7. The molecule has 0 bridgehead atoms. The van der Waals surface area contributed by atoms with Crippen molar-refractivity contribution >= 4 is 55.1 Å². The van der Waals surface area contributed by atoms with E-state index in [1.165, 1.54) is 17.4 Å². The van der Waals surface area contributed by atoms with E-state index in [0.717, 1.165) is 14.7 Å². The number of carboxylic acid groups (broad SMARTS) is 1. The van der Waals surface area contributed by atoms with Crippen LogP contribution in [-0.4, -0.2) is 16.1 Å². The maximum atomic E-state index is 14.0. The van der Waals surface area contributed by atoms with Gasteiger partial charge in [0.2, 0.25) is 0 Å². The third-order valence-corrected chi connectivity index (χ3v) is 4.80. The molecule has 0 aliphatic heterocycles. The zero-order valence-electron chi connectivity index (χ0n) is 11.8. The second-order valence-corrected chi connectivity index (χ2v) is 6.84. The van der Waals surface area contributed by atoms with Crippen molar-refractivity contribution in [3.8, 4) is 0 Å². The number of hydrogen-bond donors (Lipinski definition) is 1. The quantitative estimate of drug-likeness (QED) is 0.663. The van der Waals surface area contributed by atoms with Gasteiger partial charge in [-0.15, -0.1) is 11.3 Å². The van der Waals surface area contributed by atoms with Gasteiger partial charge in [-0.3, -0.25) is 4.79 Å². The van der Waals surface area contributed by atoms with E-state index in [1.54, 1.807) is 18.2 Å². The van der Waals surface area contributed by atoms with Crippen LogP contribution in [0, 0.1) is 5.82 Å². The van der Waals surface area contributed by atoms with E-state index in [4.69, 9.17) is 5.11 Å². The van der Waals surface area contributed by atoms with Crippen LogP contribution in [0.15, 0.2) is 46.9 Å². The molecule has 0 fully saturated rings. The third-order valence-electron chi connectivity index (χ3n) is 3.20. The summed E-state index contributed by atoms with van der Waals surface area (Å²) in [4.78, 5) is 15.6. The van der Waals surface area contributed by atoms with Gasteiger partial charge in [-0.05, 0) is 42.0 Å². The zero-order chi connectivity index (χ0) is 16.4. The first-order valence-electron chi connectivity index (χ1n) is 6.76. The highest BCUT2D eigenvalue weighted by molar-refractivity contribution is 9.10. The lowest BCUT2D eigenvalue weighted by Crippen LogP contribution is -1.97. The molecule has 6 heteroatoms. The van der Waals surface area contributed by atoms with Gasteiger partial charge in [-0.2, -0.15) is 0 Å². The standard InChI is InChI=1S/C17H11BrFNO2S/c18-12-5-6-13(19)10(8-12)7-11(9-16(21)22)17-20-14-3-1-2-4-15(14)23-17/h1-8H,9H2,(H,21,22). The number of thiazole rings is 1. The normalized spacial score (nSPS) is 11.8. The molecule has 0 aliphatic carbocycles. The molecule has 0 spiro atoms. The van der Waals surface area contributed by atoms with Crippen LogP contribution in [0.25, 0.3) is 21.9 Å². The van der Waals surface area contributed by atoms with Crippen molar-refractivity contribution < 1.29 is 14.3 Å². The van der Waals surface area contributed by atoms with Gasteiger partial charge >= 0.3 is 5.97 Å². The number of nitrogens with zero attached hydrogens (tertiary/aromatic N) is 1. The molecule has 23 heavy (non-hydrogen) atoms. The van der Waals surface area contributed by atoms with Crippen LogP contribution in [0.4, 0.5) is 4.39 Å². The first kappa shape index (κ1) is 15.8. The number of aliphatic carboxylic acids is 1. The van der Waals surface area contributed by atoms with E-state index in [9.17, 15) is 9.18 Å². The van der Waals surface area contributed by atoms with Gasteiger partial charge in [0.1, 0.15) is 10.8 Å². The number of rotatable bonds is 4. The van der Waals surface area contributed by atoms with E-state index in [0.29, 0.717) is 16.1 Å². The Labute approximate surface area is 144 Å². The predicted octanol–water partition coefficient (Wildman–Crippen LogP) is 5.21. The molecule has 1 heterocycles. The fourth-order valence-corrected chi connectivity index (χ4v) is 3.53. The third kappa shape index (κ3) is 3.65. The summed E-state index contributed by atoms with van der Waals surface area (Å²) >= 11 is 4.70. The van der Waals surface area contributed by atoms with Crippen LogP contribution in [0.3, 0.4) is 0 Å². The Balaban J connectivity index is 2.11. The first-order chi connectivity index (χ1) is 11.0. The Morgan fingerprint density at radius 3 is 2.83 bits per heavy atom. The van der Waals surface area contributed by atoms with E-state index in [-0.39, 0.29) is 6.42 Å². The minimum atomic E-state index is -0.981. The van der Waals surface area contributed by atoms with Crippen LogP contribution in [-0.2, 0) is 4.79 Å². The Morgan fingerprint density at radius 2 is 2.09 bits per heavy atom. The Hall–Kier alpha value is -2.05. The number of hydrogen-bond acceptors (Lipinski definition) is 3. The summed E-state index contributed by atoms with van der Waals surface area (Å²) in [6, 6.07) is 12.1. The molecule has 116 valence electrons. The molecule has 2 aromatic carbocycles. The highest BCUT2D eigenvalue weighted by Gasteiger charge is 2.13. The van der Waals surface area contributed by atoms with E-state index < -0.39 is 11.8 Å². The fraction of sp³-hybridized carbons (Fsp3) is 0.0588. The largest absolute Gasteiger partial charge is 0.481 e. The van der Waals surface area contributed by atoms with Crippen molar-refractivity contribution in [3.05, 3.63) is 63.3 Å². The molecule has 0 atom stereocenters. The molecular formula is C17H11BrFNO2S. The lowest BCUT2D eigenvalue weighted by molar-refractivity contribution is -0.135. The second kappa shape index (κ2) is 6.60. The predicted molar refractivity (Wildman–Crippen MR) is 93.8 cm³/mol. The van der Waals surface area contributed by atoms with E-state index in [1.807, 2.05) is 24.3 Å². The van der Waals surface area contributed by atoms with Gasteiger partial charge in [-0.1, -0.05) is 28.1 Å². The number of carboxylic acids is 1. The summed E-state index contributed by atoms with van der Waals surface area (Å²) in [5, 5.41) is 9.75. The Kier molecular flexibility index (Phi) is 4.54. The van der Waals surface area contributed by atoms with Crippen LogP contribution < -0.4 is 0 Å². The summed E-state index contributed by atoms with van der Waals surface area (Å²) in [6.45, 7) is 0. The van der Waals surface area contributed by atoms with Crippen molar-refractivity contribution in [3.63, 3.8) is 0 Å². The molecule has 3 rings (SSSR count). The van der Waals surface area contributed by atoms with Crippen LogP contribution in [0.2, 0.25) is 0 Å². The fourth-order valence-electron chi connectivity index (χ4n) is 2.17. The van der Waals surface area contributed by atoms with Crippen LogP contribution in [0.1, 0.15) is 17.0 Å². The lowest BCUT2D eigenvalue weighted by atomic mass is 10.1. The van der Waals surface area contributed by atoms with Crippen molar-refractivity contribution in [2.75, 3.05) is 0 Å². The van der Waals surface area contributed by atoms with Crippen molar-refractivity contribution in [1.82, 2.24) is 4.98 Å². The monoisotopic (exact) mass is 391 g/mol. The molecule has 0 aliphatic rings. The number of benzene rings is 2. The van der Waals surface area contributed by atoms with Gasteiger partial charge in [0.25, 0.3) is 0 Å². The van der Waals surface area contributed by atoms with Crippen molar-refractivity contribution in [2.24, 2.45) is 0 Å². The van der Waals surface area contributed by atoms with Crippen molar-refractivity contribution in [2.45, 2.75) is 6.42 Å². The molecule has 0 saturated heterocycles. The molecule has 0 unspecified atom stereocenters. The zero-order valence-corrected chi connectivity index (χ0v) is 14.2. The molecule has 0 amide bonds. The number of fused-ring (bicyclic) bond motifs is 1. The first-order valence-corrected chi connectivity index (χ1v) is 8.37. The number of para-hydroxylation sites is 1. The summed E-state index contributed by atoms with van der Waals surface area (Å²) in [6.07, 6.45) is 1.33. The molecule has 0 saturated carbocycles. The summed E-state index contributed by atoms with van der Waals surface area (Å²) in [5.74, 6) is -1.39. The number of aromatic nitrogens is 1. The minimum Gasteiger partial charge on any atom is -0.481 e. The SMILES string of the molecule is O=C(O)CC(=Cc1cc(Br)ccc1F)c1nc2ccccc2s1. The van der Waals surface area contributed by atoms with Gasteiger partial charge in [0.15, 0.2) is 0 Å². The van der Waals surface area contributed by atoms with Crippen LogP contribution in [0.5, 0.6) is 0 Å². The molecule has 1 aromatic heterocycles. The second-order valence-electron chi connectivity index (χ2n) is 4.89. The van der Waals surface area contributed by atoms with Gasteiger partial charge < -0.3 is 5.11 Å². The Morgan fingerprint density at radius 1 is 1.30 bits per heavy atom. The molecular weight excluding hydrogens is 381 g/mol.